The zero-order chi connectivity index (χ0) is 9.92. The van der Waals surface area contributed by atoms with Crippen molar-refractivity contribution in [1.29, 1.82) is 0 Å². The van der Waals surface area contributed by atoms with Gasteiger partial charge in [-0.25, -0.2) is 0 Å². The highest BCUT2D eigenvalue weighted by Gasteiger charge is 2.59. The predicted molar refractivity (Wildman–Crippen MR) is 61.4 cm³/mol. The van der Waals surface area contributed by atoms with Crippen LogP contribution in [0.3, 0.4) is 0 Å². The minimum atomic E-state index is -0.518. The predicted octanol–water partition coefficient (Wildman–Crippen LogP) is 2.70. The molecule has 0 heterocycles. The van der Waals surface area contributed by atoms with Gasteiger partial charge in [0.1, 0.15) is 0 Å². The minimum Gasteiger partial charge on any atom is -0.481 e. The highest BCUT2D eigenvalue weighted by molar-refractivity contribution is 14.1. The quantitative estimate of drug-likeness (QED) is 0.597. The zero-order valence-corrected chi connectivity index (χ0v) is 10.2. The second-order valence-corrected chi connectivity index (χ2v) is 6.81. The van der Waals surface area contributed by atoms with Crippen molar-refractivity contribution in [3.63, 3.8) is 0 Å². The fourth-order valence-corrected chi connectivity index (χ4v) is 5.63. The van der Waals surface area contributed by atoms with Gasteiger partial charge in [-0.1, -0.05) is 22.6 Å². The summed E-state index contributed by atoms with van der Waals surface area (Å²) in [4.78, 5) is 11.5. The largest absolute Gasteiger partial charge is 0.481 e. The molecule has 4 fully saturated rings. The van der Waals surface area contributed by atoms with E-state index in [0.29, 0.717) is 9.84 Å². The molecule has 0 amide bonds. The molecule has 0 aliphatic heterocycles. The second kappa shape index (κ2) is 2.86. The molecule has 0 radical (unpaired) electrons. The van der Waals surface area contributed by atoms with Gasteiger partial charge in [0.2, 0.25) is 0 Å². The topological polar surface area (TPSA) is 37.3 Å². The van der Waals surface area contributed by atoms with Gasteiger partial charge in [0.25, 0.3) is 0 Å². The van der Waals surface area contributed by atoms with Crippen molar-refractivity contribution < 1.29 is 9.90 Å². The maximum absolute atomic E-state index is 11.5. The summed E-state index contributed by atoms with van der Waals surface area (Å²) in [5.74, 6) is 1.65. The Morgan fingerprint density at radius 2 is 1.79 bits per heavy atom. The normalized spacial score (nSPS) is 54.9. The maximum Gasteiger partial charge on any atom is 0.310 e. The lowest BCUT2D eigenvalue weighted by molar-refractivity contribution is -0.162. The number of rotatable bonds is 1. The molecule has 0 aromatic carbocycles. The first-order chi connectivity index (χ1) is 6.62. The van der Waals surface area contributed by atoms with E-state index in [-0.39, 0.29) is 5.41 Å². The van der Waals surface area contributed by atoms with Crippen LogP contribution in [0.1, 0.15) is 32.1 Å². The van der Waals surface area contributed by atoms with E-state index in [1.807, 2.05) is 0 Å². The highest BCUT2D eigenvalue weighted by Crippen LogP contribution is 2.62. The second-order valence-electron chi connectivity index (χ2n) is 5.47. The van der Waals surface area contributed by atoms with Gasteiger partial charge in [0, 0.05) is 3.92 Å². The van der Waals surface area contributed by atoms with Gasteiger partial charge >= 0.3 is 5.97 Å². The van der Waals surface area contributed by atoms with E-state index < -0.39 is 5.97 Å². The number of alkyl halides is 1. The molecule has 4 aliphatic carbocycles. The number of hydrogen-bond acceptors (Lipinski definition) is 1. The van der Waals surface area contributed by atoms with Crippen molar-refractivity contribution in [1.82, 2.24) is 0 Å². The first-order valence-electron chi connectivity index (χ1n) is 5.49. The summed E-state index contributed by atoms with van der Waals surface area (Å²) < 4.78 is 0.394. The highest BCUT2D eigenvalue weighted by atomic mass is 127. The van der Waals surface area contributed by atoms with Crippen LogP contribution in [0.5, 0.6) is 0 Å². The van der Waals surface area contributed by atoms with Gasteiger partial charge in [-0.05, 0) is 49.9 Å². The molecule has 14 heavy (non-hydrogen) atoms. The molecule has 1 N–H and O–H groups in total. The Hall–Kier alpha value is 0.200. The van der Waals surface area contributed by atoms with Gasteiger partial charge in [-0.15, -0.1) is 0 Å². The Bertz CT molecular complexity index is 275. The van der Waals surface area contributed by atoms with Crippen LogP contribution in [-0.2, 0) is 4.79 Å². The van der Waals surface area contributed by atoms with Crippen molar-refractivity contribution in [2.75, 3.05) is 0 Å². The van der Waals surface area contributed by atoms with Crippen molar-refractivity contribution in [2.24, 2.45) is 23.2 Å². The Labute approximate surface area is 97.6 Å². The number of carbonyl (C=O) groups is 1. The van der Waals surface area contributed by atoms with E-state index in [0.717, 1.165) is 24.7 Å². The average Bonchev–Trinajstić information content (AvgIpc) is 2.12. The third-order valence-corrected chi connectivity index (χ3v) is 6.82. The monoisotopic (exact) mass is 306 g/mol. The van der Waals surface area contributed by atoms with Crippen molar-refractivity contribution in [2.45, 2.75) is 36.0 Å². The summed E-state index contributed by atoms with van der Waals surface area (Å²) in [6, 6.07) is 0. The Morgan fingerprint density at radius 1 is 1.21 bits per heavy atom. The van der Waals surface area contributed by atoms with Crippen LogP contribution >= 0.6 is 22.6 Å². The summed E-state index contributed by atoms with van der Waals surface area (Å²) in [6.45, 7) is 0. The maximum atomic E-state index is 11.5. The number of carboxylic acid groups (broad SMARTS) is 1. The molecule has 4 rings (SSSR count). The molecular formula is C11H15IO2. The molecule has 0 saturated heterocycles. The summed E-state index contributed by atoms with van der Waals surface area (Å²) in [5, 5.41) is 9.44. The van der Waals surface area contributed by atoms with Gasteiger partial charge in [0.05, 0.1) is 5.41 Å². The SMILES string of the molecule is O=C(O)C12C[C@@H]3CC(C[C@H](C3)C1)[C@@H]2I. The summed E-state index contributed by atoms with van der Waals surface area (Å²) >= 11 is 2.41. The molecule has 2 nitrogen and oxygen atoms in total. The Kier molecular flexibility index (Phi) is 1.93. The van der Waals surface area contributed by atoms with Crippen LogP contribution in [-0.4, -0.2) is 15.0 Å². The summed E-state index contributed by atoms with van der Waals surface area (Å²) in [7, 11) is 0. The minimum absolute atomic E-state index is 0.338. The van der Waals surface area contributed by atoms with E-state index >= 15 is 0 Å². The summed E-state index contributed by atoms with van der Waals surface area (Å²) in [6.07, 6.45) is 5.85. The van der Waals surface area contributed by atoms with Crippen molar-refractivity contribution in [3.05, 3.63) is 0 Å². The van der Waals surface area contributed by atoms with E-state index in [4.69, 9.17) is 0 Å². The number of halogens is 1. The Morgan fingerprint density at radius 3 is 2.29 bits per heavy atom. The van der Waals surface area contributed by atoms with Gasteiger partial charge < -0.3 is 5.11 Å². The zero-order valence-electron chi connectivity index (χ0n) is 8.08. The number of carboxylic acids is 1. The molecule has 4 aliphatic rings. The first-order valence-corrected chi connectivity index (χ1v) is 6.74. The molecule has 0 spiro atoms. The smallest absolute Gasteiger partial charge is 0.310 e. The third-order valence-electron chi connectivity index (χ3n) is 4.61. The lowest BCUT2D eigenvalue weighted by Gasteiger charge is -2.57. The van der Waals surface area contributed by atoms with Gasteiger partial charge in [0.15, 0.2) is 0 Å². The standard InChI is InChI=1S/C11H15IO2/c12-9-8-2-6-1-7(3-8)5-11(9,4-6)10(13)14/h6-9H,1-5H2,(H,13,14)/t6-,7-,8?,9-,11?/m0/s1. The van der Waals surface area contributed by atoms with Crippen LogP contribution in [0, 0.1) is 23.2 Å². The van der Waals surface area contributed by atoms with Gasteiger partial charge in [-0.2, -0.15) is 0 Å². The molecule has 0 aromatic rings. The number of hydrogen-bond donors (Lipinski definition) is 1. The third kappa shape index (κ3) is 1.05. The molecule has 4 saturated carbocycles. The first kappa shape index (κ1) is 9.43. The molecule has 78 valence electrons. The van der Waals surface area contributed by atoms with Crippen LogP contribution < -0.4 is 0 Å². The molecule has 3 atom stereocenters. The fraction of sp³-hybridized carbons (Fsp3) is 0.909. The average molecular weight is 306 g/mol. The fourth-order valence-electron chi connectivity index (χ4n) is 4.27. The van der Waals surface area contributed by atoms with Crippen LogP contribution in [0.2, 0.25) is 0 Å². The van der Waals surface area contributed by atoms with Crippen LogP contribution in [0.15, 0.2) is 0 Å². The lowest BCUT2D eigenvalue weighted by atomic mass is 9.49. The van der Waals surface area contributed by atoms with E-state index in [1.54, 1.807) is 0 Å². The molecular weight excluding hydrogens is 291 g/mol. The number of aliphatic carboxylic acids is 1. The molecule has 3 heteroatoms. The van der Waals surface area contributed by atoms with Gasteiger partial charge in [-0.3, -0.25) is 4.79 Å². The van der Waals surface area contributed by atoms with Crippen molar-refractivity contribution >= 4 is 28.6 Å². The molecule has 4 bridgehead atoms. The molecule has 0 aromatic heterocycles. The van der Waals surface area contributed by atoms with Crippen LogP contribution in [0.4, 0.5) is 0 Å². The van der Waals surface area contributed by atoms with E-state index in [1.165, 1.54) is 19.3 Å². The van der Waals surface area contributed by atoms with Crippen LogP contribution in [0.25, 0.3) is 0 Å². The molecule has 0 unspecified atom stereocenters. The lowest BCUT2D eigenvalue weighted by Crippen LogP contribution is -2.57. The van der Waals surface area contributed by atoms with Crippen molar-refractivity contribution in [3.8, 4) is 0 Å². The van der Waals surface area contributed by atoms with E-state index in [2.05, 4.69) is 22.6 Å². The van der Waals surface area contributed by atoms with E-state index in [9.17, 15) is 9.90 Å². The summed E-state index contributed by atoms with van der Waals surface area (Å²) in [5.41, 5.74) is -0.338. The Balaban J connectivity index is 2.01.